The van der Waals surface area contributed by atoms with E-state index in [9.17, 15) is 9.59 Å². The Hall–Kier alpha value is -0.810. The van der Waals surface area contributed by atoms with Crippen molar-refractivity contribution in [3.05, 3.63) is 0 Å². The number of piperidine rings is 1. The molecule has 0 aromatic carbocycles. The molecule has 1 saturated carbocycles. The molecule has 21 heavy (non-hydrogen) atoms. The highest BCUT2D eigenvalue weighted by molar-refractivity contribution is 5.85. The molecule has 2 amide bonds. The highest BCUT2D eigenvalue weighted by Crippen LogP contribution is 2.28. The highest BCUT2D eigenvalue weighted by atomic mass is 35.5. The molecule has 122 valence electrons. The fourth-order valence-corrected chi connectivity index (χ4v) is 2.77. The number of rotatable bonds is 6. The molecule has 5 nitrogen and oxygen atoms in total. The third-order valence-electron chi connectivity index (χ3n) is 4.45. The van der Waals surface area contributed by atoms with Gasteiger partial charge in [0.15, 0.2) is 0 Å². The van der Waals surface area contributed by atoms with E-state index < -0.39 is 0 Å². The van der Waals surface area contributed by atoms with Gasteiger partial charge in [0.1, 0.15) is 0 Å². The SMILES string of the molecule is CC(N)C1CCN(C(=O)CCCNC(=O)C2CC2)CC1.Cl. The molecule has 1 aliphatic carbocycles. The van der Waals surface area contributed by atoms with Gasteiger partial charge in [-0.1, -0.05) is 0 Å². The van der Waals surface area contributed by atoms with Gasteiger partial charge >= 0.3 is 0 Å². The molecule has 1 saturated heterocycles. The van der Waals surface area contributed by atoms with Crippen LogP contribution in [0.3, 0.4) is 0 Å². The second-order valence-electron chi connectivity index (χ2n) is 6.25. The van der Waals surface area contributed by atoms with Gasteiger partial charge in [0.2, 0.25) is 11.8 Å². The Bertz CT molecular complexity index is 351. The predicted octanol–water partition coefficient (Wildman–Crippen LogP) is 1.30. The summed E-state index contributed by atoms with van der Waals surface area (Å²) in [5, 5.41) is 2.90. The Balaban J connectivity index is 0.00000220. The maximum atomic E-state index is 12.0. The molecule has 2 fully saturated rings. The lowest BCUT2D eigenvalue weighted by Gasteiger charge is -2.33. The van der Waals surface area contributed by atoms with Crippen molar-refractivity contribution in [3.63, 3.8) is 0 Å². The Morgan fingerprint density at radius 1 is 1.24 bits per heavy atom. The fraction of sp³-hybridized carbons (Fsp3) is 0.867. The highest BCUT2D eigenvalue weighted by Gasteiger charge is 2.29. The number of carbonyl (C=O) groups excluding carboxylic acids is 2. The summed E-state index contributed by atoms with van der Waals surface area (Å²) in [6.45, 7) is 4.33. The molecule has 1 heterocycles. The van der Waals surface area contributed by atoms with Gasteiger partial charge in [0.25, 0.3) is 0 Å². The van der Waals surface area contributed by atoms with Gasteiger partial charge in [-0.25, -0.2) is 0 Å². The summed E-state index contributed by atoms with van der Waals surface area (Å²) in [7, 11) is 0. The Morgan fingerprint density at radius 3 is 2.38 bits per heavy atom. The second kappa shape index (κ2) is 8.59. The number of hydrogen-bond acceptors (Lipinski definition) is 3. The maximum Gasteiger partial charge on any atom is 0.223 e. The minimum atomic E-state index is 0. The van der Waals surface area contributed by atoms with E-state index in [1.54, 1.807) is 0 Å². The van der Waals surface area contributed by atoms with E-state index in [4.69, 9.17) is 5.73 Å². The van der Waals surface area contributed by atoms with Gasteiger partial charge in [-0.05, 0) is 44.9 Å². The average molecular weight is 318 g/mol. The number of carbonyl (C=O) groups is 2. The summed E-state index contributed by atoms with van der Waals surface area (Å²) < 4.78 is 0. The second-order valence-corrected chi connectivity index (χ2v) is 6.25. The Morgan fingerprint density at radius 2 is 1.86 bits per heavy atom. The van der Waals surface area contributed by atoms with E-state index in [-0.39, 0.29) is 36.2 Å². The quantitative estimate of drug-likeness (QED) is 0.725. The number of likely N-dealkylation sites (tertiary alicyclic amines) is 1. The normalized spacial score (nSPS) is 20.6. The predicted molar refractivity (Wildman–Crippen MR) is 85.2 cm³/mol. The molecule has 3 N–H and O–H groups in total. The van der Waals surface area contributed by atoms with Crippen molar-refractivity contribution in [2.75, 3.05) is 19.6 Å². The van der Waals surface area contributed by atoms with Crippen LogP contribution in [0, 0.1) is 11.8 Å². The van der Waals surface area contributed by atoms with Gasteiger partial charge in [-0.2, -0.15) is 0 Å². The lowest BCUT2D eigenvalue weighted by atomic mass is 9.91. The van der Waals surface area contributed by atoms with Crippen molar-refractivity contribution in [1.29, 1.82) is 0 Å². The molecule has 0 aromatic heterocycles. The van der Waals surface area contributed by atoms with Crippen molar-refractivity contribution in [3.8, 4) is 0 Å². The van der Waals surface area contributed by atoms with Crippen LogP contribution in [-0.4, -0.2) is 42.4 Å². The average Bonchev–Trinajstić information content (AvgIpc) is 3.27. The molecule has 1 aliphatic heterocycles. The van der Waals surface area contributed by atoms with Crippen molar-refractivity contribution in [1.82, 2.24) is 10.2 Å². The largest absolute Gasteiger partial charge is 0.356 e. The molecule has 1 unspecified atom stereocenters. The molecule has 2 aliphatic rings. The standard InChI is InChI=1S/C15H27N3O2.ClH/c1-11(16)12-6-9-18(10-7-12)14(19)3-2-8-17-15(20)13-4-5-13;/h11-13H,2-10,16H2,1H3,(H,17,20);1H. The van der Waals surface area contributed by atoms with Gasteiger partial charge in [0, 0.05) is 38.0 Å². The summed E-state index contributed by atoms with van der Waals surface area (Å²) in [4.78, 5) is 25.4. The number of nitrogens with zero attached hydrogens (tertiary/aromatic N) is 1. The van der Waals surface area contributed by atoms with Crippen LogP contribution in [0.4, 0.5) is 0 Å². The summed E-state index contributed by atoms with van der Waals surface area (Å²) in [6.07, 6.45) is 5.36. The first kappa shape index (κ1) is 18.2. The van der Waals surface area contributed by atoms with E-state index in [1.165, 1.54) is 0 Å². The van der Waals surface area contributed by atoms with Gasteiger partial charge in [-0.15, -0.1) is 12.4 Å². The number of hydrogen-bond donors (Lipinski definition) is 2. The number of amides is 2. The maximum absolute atomic E-state index is 12.0. The topological polar surface area (TPSA) is 75.4 Å². The van der Waals surface area contributed by atoms with Crippen LogP contribution in [0.15, 0.2) is 0 Å². The van der Waals surface area contributed by atoms with Crippen LogP contribution in [0.2, 0.25) is 0 Å². The van der Waals surface area contributed by atoms with E-state index >= 15 is 0 Å². The molecule has 6 heteroatoms. The summed E-state index contributed by atoms with van der Waals surface area (Å²) in [6, 6.07) is 0.227. The van der Waals surface area contributed by atoms with Crippen LogP contribution >= 0.6 is 12.4 Å². The van der Waals surface area contributed by atoms with Gasteiger partial charge in [0.05, 0.1) is 0 Å². The molecular weight excluding hydrogens is 290 g/mol. The first-order valence-corrected chi connectivity index (χ1v) is 7.89. The molecule has 0 spiro atoms. The molecule has 1 atom stereocenters. The third kappa shape index (κ3) is 5.83. The number of nitrogens with one attached hydrogen (secondary N) is 1. The minimum absolute atomic E-state index is 0. The summed E-state index contributed by atoms with van der Waals surface area (Å²) in [5.41, 5.74) is 5.90. The van der Waals surface area contributed by atoms with E-state index in [1.807, 2.05) is 11.8 Å². The zero-order valence-electron chi connectivity index (χ0n) is 12.8. The van der Waals surface area contributed by atoms with E-state index in [0.29, 0.717) is 18.9 Å². The van der Waals surface area contributed by atoms with Crippen LogP contribution in [0.5, 0.6) is 0 Å². The molecule has 0 bridgehead atoms. The van der Waals surface area contributed by atoms with Crippen LogP contribution in [0.1, 0.15) is 45.4 Å². The molecule has 0 radical (unpaired) electrons. The van der Waals surface area contributed by atoms with E-state index in [0.717, 1.165) is 45.2 Å². The zero-order chi connectivity index (χ0) is 14.5. The van der Waals surface area contributed by atoms with Crippen LogP contribution in [-0.2, 0) is 9.59 Å². The Kier molecular flexibility index (Phi) is 7.46. The Labute approximate surface area is 133 Å². The first-order chi connectivity index (χ1) is 9.58. The number of halogens is 1. The lowest BCUT2D eigenvalue weighted by molar-refractivity contribution is -0.133. The lowest BCUT2D eigenvalue weighted by Crippen LogP contribution is -2.42. The zero-order valence-corrected chi connectivity index (χ0v) is 13.7. The smallest absolute Gasteiger partial charge is 0.223 e. The monoisotopic (exact) mass is 317 g/mol. The van der Waals surface area contributed by atoms with Crippen LogP contribution < -0.4 is 11.1 Å². The summed E-state index contributed by atoms with van der Waals surface area (Å²) in [5.74, 6) is 1.18. The third-order valence-corrected chi connectivity index (χ3v) is 4.45. The fourth-order valence-electron chi connectivity index (χ4n) is 2.77. The molecule has 0 aromatic rings. The van der Waals surface area contributed by atoms with Crippen molar-refractivity contribution in [2.45, 2.75) is 51.5 Å². The summed E-state index contributed by atoms with van der Waals surface area (Å²) >= 11 is 0. The van der Waals surface area contributed by atoms with Gasteiger partial charge < -0.3 is 16.0 Å². The van der Waals surface area contributed by atoms with Crippen molar-refractivity contribution < 1.29 is 9.59 Å². The van der Waals surface area contributed by atoms with Crippen molar-refractivity contribution in [2.24, 2.45) is 17.6 Å². The van der Waals surface area contributed by atoms with Crippen LogP contribution in [0.25, 0.3) is 0 Å². The van der Waals surface area contributed by atoms with Crippen molar-refractivity contribution >= 4 is 24.2 Å². The minimum Gasteiger partial charge on any atom is -0.356 e. The van der Waals surface area contributed by atoms with E-state index in [2.05, 4.69) is 5.32 Å². The first-order valence-electron chi connectivity index (χ1n) is 7.89. The molecular formula is C15H28ClN3O2. The van der Waals surface area contributed by atoms with Gasteiger partial charge in [-0.3, -0.25) is 9.59 Å². The number of nitrogens with two attached hydrogens (primary N) is 1. The molecule has 2 rings (SSSR count).